The fraction of sp³-hybridized carbons (Fsp3) is 0.333. The lowest BCUT2D eigenvalue weighted by molar-refractivity contribution is -0.274. The van der Waals surface area contributed by atoms with Crippen LogP contribution in [-0.4, -0.2) is 35.7 Å². The molecule has 0 unspecified atom stereocenters. The number of benzene rings is 1. The van der Waals surface area contributed by atoms with E-state index in [1.807, 2.05) is 18.2 Å². The number of pyridine rings is 1. The van der Waals surface area contributed by atoms with Gasteiger partial charge in [0.2, 0.25) is 5.91 Å². The second kappa shape index (κ2) is 8.50. The highest BCUT2D eigenvalue weighted by atomic mass is 19.4. The van der Waals surface area contributed by atoms with Gasteiger partial charge in [0.1, 0.15) is 5.75 Å². The summed E-state index contributed by atoms with van der Waals surface area (Å²) in [5.41, 5.74) is 1.70. The number of hydrogen-bond donors (Lipinski definition) is 0. The van der Waals surface area contributed by atoms with E-state index in [1.54, 1.807) is 18.1 Å². The average molecular weight is 352 g/mol. The molecule has 2 rings (SSSR count). The molecule has 0 bridgehead atoms. The number of halogens is 3. The molecule has 1 amide bonds. The van der Waals surface area contributed by atoms with Crippen LogP contribution in [0.1, 0.15) is 17.7 Å². The van der Waals surface area contributed by atoms with E-state index < -0.39 is 6.36 Å². The lowest BCUT2D eigenvalue weighted by Crippen LogP contribution is -2.29. The van der Waals surface area contributed by atoms with Crippen LogP contribution in [0.2, 0.25) is 0 Å². The van der Waals surface area contributed by atoms with Crippen LogP contribution in [0.3, 0.4) is 0 Å². The standard InChI is InChI=1S/C18H19F3N2O2/c1-23(13-11-15-4-2-3-12-22-15)17(24)10-7-14-5-8-16(9-6-14)25-18(19,20)21/h2-6,8-9,12H,7,10-11,13H2,1H3. The van der Waals surface area contributed by atoms with Crippen LogP contribution in [0.4, 0.5) is 13.2 Å². The minimum absolute atomic E-state index is 0.0217. The van der Waals surface area contributed by atoms with Gasteiger partial charge < -0.3 is 9.64 Å². The maximum Gasteiger partial charge on any atom is 0.573 e. The first-order chi connectivity index (χ1) is 11.8. The molecule has 0 aliphatic carbocycles. The third-order valence-electron chi connectivity index (χ3n) is 3.64. The Morgan fingerprint density at radius 2 is 1.84 bits per heavy atom. The SMILES string of the molecule is CN(CCc1ccccn1)C(=O)CCc1ccc(OC(F)(F)F)cc1. The molecule has 0 saturated heterocycles. The Morgan fingerprint density at radius 1 is 1.12 bits per heavy atom. The van der Waals surface area contributed by atoms with Crippen LogP contribution >= 0.6 is 0 Å². The number of nitrogens with zero attached hydrogens (tertiary/aromatic N) is 2. The number of alkyl halides is 3. The molecule has 1 aromatic heterocycles. The van der Waals surface area contributed by atoms with Crippen molar-refractivity contribution in [2.45, 2.75) is 25.6 Å². The van der Waals surface area contributed by atoms with Gasteiger partial charge in [-0.05, 0) is 36.2 Å². The zero-order valence-electron chi connectivity index (χ0n) is 13.8. The predicted molar refractivity (Wildman–Crippen MR) is 87.0 cm³/mol. The third-order valence-corrected chi connectivity index (χ3v) is 3.64. The van der Waals surface area contributed by atoms with Crippen LogP contribution < -0.4 is 4.74 Å². The summed E-state index contributed by atoms with van der Waals surface area (Å²) in [5.74, 6) is -0.290. The Labute approximate surface area is 144 Å². The Kier molecular flexibility index (Phi) is 6.38. The Bertz CT molecular complexity index is 673. The van der Waals surface area contributed by atoms with Crippen molar-refractivity contribution in [3.05, 3.63) is 59.9 Å². The van der Waals surface area contributed by atoms with Gasteiger partial charge in [-0.3, -0.25) is 9.78 Å². The summed E-state index contributed by atoms with van der Waals surface area (Å²) >= 11 is 0. The first kappa shape index (κ1) is 18.8. The van der Waals surface area contributed by atoms with Gasteiger partial charge in [-0.15, -0.1) is 13.2 Å². The highest BCUT2D eigenvalue weighted by Gasteiger charge is 2.30. The summed E-state index contributed by atoms with van der Waals surface area (Å²) in [6.45, 7) is 0.564. The fourth-order valence-corrected chi connectivity index (χ4v) is 2.25. The molecule has 0 atom stereocenters. The number of rotatable bonds is 7. The van der Waals surface area contributed by atoms with Gasteiger partial charge in [-0.1, -0.05) is 18.2 Å². The quantitative estimate of drug-likeness (QED) is 0.764. The van der Waals surface area contributed by atoms with Crippen molar-refractivity contribution in [2.75, 3.05) is 13.6 Å². The number of carbonyl (C=O) groups is 1. The summed E-state index contributed by atoms with van der Waals surface area (Å²) < 4.78 is 40.1. The van der Waals surface area contributed by atoms with Gasteiger partial charge in [0.25, 0.3) is 0 Å². The Morgan fingerprint density at radius 3 is 2.44 bits per heavy atom. The monoisotopic (exact) mass is 352 g/mol. The van der Waals surface area contributed by atoms with E-state index in [2.05, 4.69) is 9.72 Å². The summed E-state index contributed by atoms with van der Waals surface area (Å²) in [7, 11) is 1.73. The summed E-state index contributed by atoms with van der Waals surface area (Å²) in [5, 5.41) is 0. The molecule has 1 aromatic carbocycles. The molecule has 0 N–H and O–H groups in total. The molecule has 0 radical (unpaired) electrons. The van der Waals surface area contributed by atoms with Crippen LogP contribution in [-0.2, 0) is 17.6 Å². The number of ether oxygens (including phenoxy) is 1. The minimum Gasteiger partial charge on any atom is -0.406 e. The molecule has 0 spiro atoms. The van der Waals surface area contributed by atoms with E-state index in [4.69, 9.17) is 0 Å². The van der Waals surface area contributed by atoms with Crippen molar-refractivity contribution in [2.24, 2.45) is 0 Å². The van der Waals surface area contributed by atoms with E-state index in [1.165, 1.54) is 24.3 Å². The molecular weight excluding hydrogens is 333 g/mol. The normalized spacial score (nSPS) is 11.2. The number of aromatic nitrogens is 1. The molecule has 25 heavy (non-hydrogen) atoms. The predicted octanol–water partition coefficient (Wildman–Crippen LogP) is 3.61. The Balaban J connectivity index is 1.77. The molecule has 1 heterocycles. The van der Waals surface area contributed by atoms with Crippen LogP contribution in [0.5, 0.6) is 5.75 Å². The number of aryl methyl sites for hydroxylation is 1. The van der Waals surface area contributed by atoms with E-state index in [9.17, 15) is 18.0 Å². The number of hydrogen-bond acceptors (Lipinski definition) is 3. The topological polar surface area (TPSA) is 42.4 Å². The van der Waals surface area contributed by atoms with Gasteiger partial charge in [0, 0.05) is 38.3 Å². The Hall–Kier alpha value is -2.57. The van der Waals surface area contributed by atoms with Crippen LogP contribution in [0.15, 0.2) is 48.7 Å². The van der Waals surface area contributed by atoms with Crippen molar-refractivity contribution in [3.63, 3.8) is 0 Å². The largest absolute Gasteiger partial charge is 0.573 e. The van der Waals surface area contributed by atoms with Crippen molar-refractivity contribution in [1.82, 2.24) is 9.88 Å². The van der Waals surface area contributed by atoms with E-state index >= 15 is 0 Å². The molecular formula is C18H19F3N2O2. The van der Waals surface area contributed by atoms with E-state index in [0.717, 1.165) is 11.3 Å². The first-order valence-corrected chi connectivity index (χ1v) is 7.82. The second-order valence-corrected chi connectivity index (χ2v) is 5.58. The number of carbonyl (C=O) groups excluding carboxylic acids is 1. The zero-order chi connectivity index (χ0) is 18.3. The summed E-state index contributed by atoms with van der Waals surface area (Å²) in [6.07, 6.45) is -1.57. The van der Waals surface area contributed by atoms with Crippen molar-refractivity contribution in [3.8, 4) is 5.75 Å². The van der Waals surface area contributed by atoms with Gasteiger partial charge >= 0.3 is 6.36 Å². The lowest BCUT2D eigenvalue weighted by atomic mass is 10.1. The maximum absolute atomic E-state index is 12.1. The molecule has 0 aliphatic rings. The fourth-order valence-electron chi connectivity index (χ4n) is 2.25. The molecule has 0 fully saturated rings. The maximum atomic E-state index is 12.1. The average Bonchev–Trinajstić information content (AvgIpc) is 2.58. The highest BCUT2D eigenvalue weighted by Crippen LogP contribution is 2.23. The van der Waals surface area contributed by atoms with Crippen molar-refractivity contribution >= 4 is 5.91 Å². The molecule has 7 heteroatoms. The van der Waals surface area contributed by atoms with Crippen molar-refractivity contribution in [1.29, 1.82) is 0 Å². The highest BCUT2D eigenvalue weighted by molar-refractivity contribution is 5.76. The smallest absolute Gasteiger partial charge is 0.406 e. The minimum atomic E-state index is -4.70. The van der Waals surface area contributed by atoms with Gasteiger partial charge in [0.05, 0.1) is 0 Å². The lowest BCUT2D eigenvalue weighted by Gasteiger charge is -2.17. The van der Waals surface area contributed by atoms with Crippen LogP contribution in [0.25, 0.3) is 0 Å². The van der Waals surface area contributed by atoms with Crippen LogP contribution in [0, 0.1) is 0 Å². The molecule has 0 saturated carbocycles. The molecule has 134 valence electrons. The molecule has 2 aromatic rings. The number of amides is 1. The summed E-state index contributed by atoms with van der Waals surface area (Å²) in [4.78, 5) is 18.0. The zero-order valence-corrected chi connectivity index (χ0v) is 13.8. The molecule has 4 nitrogen and oxygen atoms in total. The van der Waals surface area contributed by atoms with E-state index in [0.29, 0.717) is 19.4 Å². The summed E-state index contributed by atoms with van der Waals surface area (Å²) in [6, 6.07) is 11.2. The third kappa shape index (κ3) is 6.82. The molecule has 0 aliphatic heterocycles. The van der Waals surface area contributed by atoms with Crippen molar-refractivity contribution < 1.29 is 22.7 Å². The van der Waals surface area contributed by atoms with Gasteiger partial charge in [-0.25, -0.2) is 0 Å². The van der Waals surface area contributed by atoms with E-state index in [-0.39, 0.29) is 18.1 Å². The van der Waals surface area contributed by atoms with Gasteiger partial charge in [0.15, 0.2) is 0 Å². The number of likely N-dealkylation sites (N-methyl/N-ethyl adjacent to an activating group) is 1. The second-order valence-electron chi connectivity index (χ2n) is 5.58. The van der Waals surface area contributed by atoms with Gasteiger partial charge in [-0.2, -0.15) is 0 Å². The first-order valence-electron chi connectivity index (χ1n) is 7.82.